The Morgan fingerprint density at radius 2 is 2.00 bits per heavy atom. The molecular weight excluding hydrogens is 282 g/mol. The smallest absolute Gasteiger partial charge is 0.306 e. The minimum absolute atomic E-state index is 0.259. The van der Waals surface area contributed by atoms with E-state index in [0.29, 0.717) is 31.6 Å². The van der Waals surface area contributed by atoms with E-state index in [9.17, 15) is 4.79 Å². The molecule has 0 radical (unpaired) electrons. The van der Waals surface area contributed by atoms with Gasteiger partial charge in [-0.15, -0.1) is 10.2 Å². The zero-order valence-electron chi connectivity index (χ0n) is 11.9. The Balaban J connectivity index is 1.78. The van der Waals surface area contributed by atoms with Crippen LogP contribution in [0.1, 0.15) is 12.8 Å². The van der Waals surface area contributed by atoms with Gasteiger partial charge in [0.25, 0.3) is 0 Å². The van der Waals surface area contributed by atoms with Gasteiger partial charge in [-0.05, 0) is 25.0 Å². The number of carboxylic acids is 1. The second kappa shape index (κ2) is 4.94. The summed E-state index contributed by atoms with van der Waals surface area (Å²) in [5, 5.41) is 17.3. The number of hydrogen-bond donors (Lipinski definition) is 1. The summed E-state index contributed by atoms with van der Waals surface area (Å²) >= 11 is 0. The van der Waals surface area contributed by atoms with E-state index in [2.05, 4.69) is 15.1 Å². The van der Waals surface area contributed by atoms with Gasteiger partial charge in [0.05, 0.1) is 17.0 Å². The third-order valence-corrected chi connectivity index (χ3v) is 4.26. The standard InChI is InChI=1S/C15H15N5O2/c21-15(22)10-5-7-19(8-6-10)13-14-18-16-9-20(14)12-4-2-1-3-11(12)17-13/h1-4,9-10H,5-8H2,(H,21,22). The fourth-order valence-electron chi connectivity index (χ4n) is 3.04. The molecule has 22 heavy (non-hydrogen) atoms. The van der Waals surface area contributed by atoms with Crippen molar-refractivity contribution in [3.05, 3.63) is 30.6 Å². The molecule has 1 aromatic carbocycles. The summed E-state index contributed by atoms with van der Waals surface area (Å²) in [7, 11) is 0. The van der Waals surface area contributed by atoms with Crippen LogP contribution in [0.15, 0.2) is 30.6 Å². The number of aromatic nitrogens is 4. The predicted octanol–water partition coefficient (Wildman–Crippen LogP) is 1.58. The molecule has 1 aliphatic heterocycles. The quantitative estimate of drug-likeness (QED) is 0.773. The molecule has 0 amide bonds. The molecule has 0 atom stereocenters. The second-order valence-corrected chi connectivity index (χ2v) is 5.55. The molecule has 1 aliphatic rings. The third-order valence-electron chi connectivity index (χ3n) is 4.26. The Hall–Kier alpha value is -2.70. The number of hydrogen-bond acceptors (Lipinski definition) is 5. The minimum atomic E-state index is -0.709. The maximum absolute atomic E-state index is 11.1. The second-order valence-electron chi connectivity index (χ2n) is 5.55. The zero-order chi connectivity index (χ0) is 15.1. The lowest BCUT2D eigenvalue weighted by Crippen LogP contribution is -2.37. The summed E-state index contributed by atoms with van der Waals surface area (Å²) in [6.07, 6.45) is 2.95. The number of para-hydroxylation sites is 2. The Morgan fingerprint density at radius 1 is 1.23 bits per heavy atom. The Kier molecular flexibility index (Phi) is 2.92. The summed E-state index contributed by atoms with van der Waals surface area (Å²) in [6, 6.07) is 7.86. The van der Waals surface area contributed by atoms with Gasteiger partial charge in [0, 0.05) is 13.1 Å². The highest BCUT2D eigenvalue weighted by molar-refractivity contribution is 5.83. The summed E-state index contributed by atoms with van der Waals surface area (Å²) in [6.45, 7) is 1.34. The molecule has 0 saturated carbocycles. The van der Waals surface area contributed by atoms with Crippen LogP contribution in [-0.2, 0) is 4.79 Å². The molecule has 3 heterocycles. The van der Waals surface area contributed by atoms with Crippen molar-refractivity contribution in [2.75, 3.05) is 18.0 Å². The number of piperidine rings is 1. The van der Waals surface area contributed by atoms with Crippen LogP contribution < -0.4 is 4.90 Å². The highest BCUT2D eigenvalue weighted by Gasteiger charge is 2.27. The molecule has 0 spiro atoms. The summed E-state index contributed by atoms with van der Waals surface area (Å²) < 4.78 is 1.93. The van der Waals surface area contributed by atoms with Crippen LogP contribution in [-0.4, -0.2) is 43.7 Å². The van der Waals surface area contributed by atoms with Crippen LogP contribution in [0.5, 0.6) is 0 Å². The van der Waals surface area contributed by atoms with Gasteiger partial charge in [-0.25, -0.2) is 4.98 Å². The molecule has 1 N–H and O–H groups in total. The first-order valence-corrected chi connectivity index (χ1v) is 7.30. The van der Waals surface area contributed by atoms with E-state index >= 15 is 0 Å². The maximum Gasteiger partial charge on any atom is 0.306 e. The first-order chi connectivity index (χ1) is 10.7. The van der Waals surface area contributed by atoms with Crippen molar-refractivity contribution < 1.29 is 9.90 Å². The minimum Gasteiger partial charge on any atom is -0.481 e. The largest absolute Gasteiger partial charge is 0.481 e. The molecule has 7 heteroatoms. The fraction of sp³-hybridized carbons (Fsp3) is 0.333. The Bertz CT molecular complexity index is 851. The summed E-state index contributed by atoms with van der Waals surface area (Å²) in [5.74, 6) is -0.190. The lowest BCUT2D eigenvalue weighted by molar-refractivity contribution is -0.142. The van der Waals surface area contributed by atoms with Gasteiger partial charge in [0.1, 0.15) is 6.33 Å². The summed E-state index contributed by atoms with van der Waals surface area (Å²) in [4.78, 5) is 17.9. The maximum atomic E-state index is 11.1. The zero-order valence-corrected chi connectivity index (χ0v) is 11.9. The van der Waals surface area contributed by atoms with E-state index in [1.807, 2.05) is 28.7 Å². The fourth-order valence-corrected chi connectivity index (χ4v) is 3.04. The molecule has 3 aromatic rings. The Morgan fingerprint density at radius 3 is 2.77 bits per heavy atom. The number of carboxylic acid groups (broad SMARTS) is 1. The van der Waals surface area contributed by atoms with E-state index in [1.54, 1.807) is 6.33 Å². The number of nitrogens with zero attached hydrogens (tertiary/aromatic N) is 5. The highest BCUT2D eigenvalue weighted by Crippen LogP contribution is 2.27. The monoisotopic (exact) mass is 297 g/mol. The molecule has 0 unspecified atom stereocenters. The number of rotatable bonds is 2. The van der Waals surface area contributed by atoms with E-state index in [1.165, 1.54) is 0 Å². The summed E-state index contributed by atoms with van der Waals surface area (Å²) in [5.41, 5.74) is 2.56. The molecule has 7 nitrogen and oxygen atoms in total. The van der Waals surface area contributed by atoms with Gasteiger partial charge in [0.15, 0.2) is 5.82 Å². The van der Waals surface area contributed by atoms with Crippen molar-refractivity contribution in [2.45, 2.75) is 12.8 Å². The van der Waals surface area contributed by atoms with Crippen molar-refractivity contribution in [1.29, 1.82) is 0 Å². The number of fused-ring (bicyclic) bond motifs is 3. The van der Waals surface area contributed by atoms with Gasteiger partial charge in [-0.3, -0.25) is 9.20 Å². The van der Waals surface area contributed by atoms with Crippen LogP contribution in [0.2, 0.25) is 0 Å². The normalized spacial score (nSPS) is 16.5. The third kappa shape index (κ3) is 1.97. The first kappa shape index (κ1) is 13.0. The molecule has 2 aromatic heterocycles. The highest BCUT2D eigenvalue weighted by atomic mass is 16.4. The van der Waals surface area contributed by atoms with Crippen molar-refractivity contribution in [1.82, 2.24) is 19.6 Å². The molecule has 4 rings (SSSR count). The van der Waals surface area contributed by atoms with Crippen LogP contribution >= 0.6 is 0 Å². The SMILES string of the molecule is O=C(O)C1CCN(c2nc3ccccc3n3cnnc23)CC1. The van der Waals surface area contributed by atoms with Gasteiger partial charge in [0.2, 0.25) is 5.65 Å². The lowest BCUT2D eigenvalue weighted by Gasteiger charge is -2.31. The van der Waals surface area contributed by atoms with E-state index < -0.39 is 5.97 Å². The number of anilines is 1. The van der Waals surface area contributed by atoms with E-state index in [-0.39, 0.29) is 5.92 Å². The molecule has 1 saturated heterocycles. The van der Waals surface area contributed by atoms with Crippen LogP contribution in [0.4, 0.5) is 5.82 Å². The van der Waals surface area contributed by atoms with Gasteiger partial charge < -0.3 is 10.0 Å². The van der Waals surface area contributed by atoms with Gasteiger partial charge >= 0.3 is 5.97 Å². The lowest BCUT2D eigenvalue weighted by atomic mass is 9.97. The molecule has 0 bridgehead atoms. The van der Waals surface area contributed by atoms with Crippen molar-refractivity contribution in [3.8, 4) is 0 Å². The molecular formula is C15H15N5O2. The Labute approximate surface area is 126 Å². The number of carbonyl (C=O) groups is 1. The first-order valence-electron chi connectivity index (χ1n) is 7.30. The van der Waals surface area contributed by atoms with Crippen molar-refractivity contribution >= 4 is 28.5 Å². The average molecular weight is 297 g/mol. The van der Waals surface area contributed by atoms with E-state index in [4.69, 9.17) is 10.1 Å². The van der Waals surface area contributed by atoms with Gasteiger partial charge in [-0.1, -0.05) is 12.1 Å². The predicted molar refractivity (Wildman–Crippen MR) is 80.9 cm³/mol. The average Bonchev–Trinajstić information content (AvgIpc) is 3.04. The van der Waals surface area contributed by atoms with Crippen LogP contribution in [0.25, 0.3) is 16.7 Å². The molecule has 112 valence electrons. The molecule has 1 fully saturated rings. The number of aliphatic carboxylic acids is 1. The number of benzene rings is 1. The van der Waals surface area contributed by atoms with Gasteiger partial charge in [-0.2, -0.15) is 0 Å². The van der Waals surface area contributed by atoms with Crippen molar-refractivity contribution in [3.63, 3.8) is 0 Å². The van der Waals surface area contributed by atoms with Crippen LogP contribution in [0, 0.1) is 5.92 Å². The topological polar surface area (TPSA) is 83.6 Å². The van der Waals surface area contributed by atoms with Crippen LogP contribution in [0.3, 0.4) is 0 Å². The van der Waals surface area contributed by atoms with Crippen molar-refractivity contribution in [2.24, 2.45) is 5.92 Å². The molecule has 0 aliphatic carbocycles. The van der Waals surface area contributed by atoms with E-state index in [0.717, 1.165) is 16.9 Å².